The average Bonchev–Trinajstić information content (AvgIpc) is 2.42. The van der Waals surface area contributed by atoms with Crippen LogP contribution in [0.2, 0.25) is 0 Å². The molecule has 1 aliphatic carbocycles. The molecule has 2 rings (SSSR count). The minimum atomic E-state index is 0.467. The van der Waals surface area contributed by atoms with Gasteiger partial charge in [0.15, 0.2) is 0 Å². The van der Waals surface area contributed by atoms with Crippen molar-refractivity contribution < 1.29 is 4.74 Å². The lowest BCUT2D eigenvalue weighted by atomic mass is 9.86. The molecule has 0 spiro atoms. The van der Waals surface area contributed by atoms with Gasteiger partial charge in [0, 0.05) is 38.3 Å². The average molecular weight is 269 g/mol. The van der Waals surface area contributed by atoms with Crippen LogP contribution in [0.1, 0.15) is 32.6 Å². The van der Waals surface area contributed by atoms with Crippen molar-refractivity contribution in [1.82, 2.24) is 9.80 Å². The third-order valence-electron chi connectivity index (χ3n) is 4.71. The lowest BCUT2D eigenvalue weighted by Gasteiger charge is -2.36. The predicted molar refractivity (Wildman–Crippen MR) is 79.3 cm³/mol. The summed E-state index contributed by atoms with van der Waals surface area (Å²) in [6.45, 7) is 8.73. The van der Waals surface area contributed by atoms with Gasteiger partial charge in [-0.05, 0) is 45.6 Å². The number of likely N-dealkylation sites (N-methyl/N-ethyl adjacent to an activating group) is 1. The van der Waals surface area contributed by atoms with Crippen molar-refractivity contribution >= 4 is 0 Å². The van der Waals surface area contributed by atoms with Crippen LogP contribution in [0.5, 0.6) is 0 Å². The highest BCUT2D eigenvalue weighted by Crippen LogP contribution is 2.23. The van der Waals surface area contributed by atoms with Gasteiger partial charge in [0.05, 0.1) is 13.2 Å². The smallest absolute Gasteiger partial charge is 0.0594 e. The van der Waals surface area contributed by atoms with Crippen LogP contribution in [0.3, 0.4) is 0 Å². The van der Waals surface area contributed by atoms with Gasteiger partial charge in [0.2, 0.25) is 0 Å². The molecule has 1 saturated carbocycles. The molecule has 4 heteroatoms. The van der Waals surface area contributed by atoms with Gasteiger partial charge in [0.1, 0.15) is 0 Å². The molecule has 0 aromatic rings. The lowest BCUT2D eigenvalue weighted by Crippen LogP contribution is -2.47. The van der Waals surface area contributed by atoms with Gasteiger partial charge >= 0.3 is 0 Å². The summed E-state index contributed by atoms with van der Waals surface area (Å²) in [7, 11) is 2.27. The van der Waals surface area contributed by atoms with Gasteiger partial charge in [-0.15, -0.1) is 0 Å². The first-order valence-corrected chi connectivity index (χ1v) is 7.91. The summed E-state index contributed by atoms with van der Waals surface area (Å²) in [6, 6.07) is 1.11. The van der Waals surface area contributed by atoms with Crippen LogP contribution in [-0.4, -0.2) is 68.3 Å². The van der Waals surface area contributed by atoms with Crippen molar-refractivity contribution in [2.45, 2.75) is 44.7 Å². The molecule has 1 unspecified atom stereocenters. The molecule has 0 radical (unpaired) electrons. The number of nitrogens with two attached hydrogens (primary N) is 1. The monoisotopic (exact) mass is 269 g/mol. The Kier molecular flexibility index (Phi) is 6.07. The number of ether oxygens (including phenoxy) is 1. The van der Waals surface area contributed by atoms with E-state index in [0.29, 0.717) is 12.1 Å². The molecule has 4 nitrogen and oxygen atoms in total. The number of nitrogens with zero attached hydrogens (tertiary/aromatic N) is 2. The van der Waals surface area contributed by atoms with Crippen LogP contribution in [0.25, 0.3) is 0 Å². The minimum absolute atomic E-state index is 0.467. The van der Waals surface area contributed by atoms with E-state index in [1.54, 1.807) is 0 Å². The first-order chi connectivity index (χ1) is 9.15. The zero-order valence-electron chi connectivity index (χ0n) is 12.7. The van der Waals surface area contributed by atoms with Gasteiger partial charge in [0.25, 0.3) is 0 Å². The van der Waals surface area contributed by atoms with Gasteiger partial charge in [-0.2, -0.15) is 0 Å². The van der Waals surface area contributed by atoms with Crippen LogP contribution >= 0.6 is 0 Å². The molecular formula is C15H31N3O. The van der Waals surface area contributed by atoms with Crippen molar-refractivity contribution in [2.75, 3.05) is 46.4 Å². The maximum atomic E-state index is 5.97. The summed E-state index contributed by atoms with van der Waals surface area (Å²) < 4.78 is 5.42. The normalized spacial score (nSPS) is 31.6. The molecule has 2 N–H and O–H groups in total. The van der Waals surface area contributed by atoms with Crippen molar-refractivity contribution in [3.63, 3.8) is 0 Å². The van der Waals surface area contributed by atoms with Crippen LogP contribution in [0, 0.1) is 5.92 Å². The van der Waals surface area contributed by atoms with Crippen LogP contribution in [0.4, 0.5) is 0 Å². The third-order valence-corrected chi connectivity index (χ3v) is 4.71. The molecular weight excluding hydrogens is 238 g/mol. The second-order valence-corrected chi connectivity index (χ2v) is 6.50. The van der Waals surface area contributed by atoms with E-state index in [-0.39, 0.29) is 0 Å². The second-order valence-electron chi connectivity index (χ2n) is 6.50. The van der Waals surface area contributed by atoms with E-state index in [9.17, 15) is 0 Å². The van der Waals surface area contributed by atoms with E-state index < -0.39 is 0 Å². The first kappa shape index (κ1) is 15.2. The van der Waals surface area contributed by atoms with E-state index in [2.05, 4.69) is 23.8 Å². The topological polar surface area (TPSA) is 41.7 Å². The number of morpholine rings is 1. The zero-order chi connectivity index (χ0) is 13.7. The van der Waals surface area contributed by atoms with Gasteiger partial charge < -0.3 is 15.4 Å². The summed E-state index contributed by atoms with van der Waals surface area (Å²) in [6.07, 6.45) is 5.07. The Morgan fingerprint density at radius 1 is 1.21 bits per heavy atom. The van der Waals surface area contributed by atoms with Crippen molar-refractivity contribution in [2.24, 2.45) is 11.7 Å². The highest BCUT2D eigenvalue weighted by Gasteiger charge is 2.22. The Balaban J connectivity index is 1.66. The highest BCUT2D eigenvalue weighted by atomic mass is 16.5. The number of hydrogen-bond donors (Lipinski definition) is 1. The van der Waals surface area contributed by atoms with E-state index in [1.165, 1.54) is 38.8 Å². The molecule has 1 heterocycles. The molecule has 1 saturated heterocycles. The quantitative estimate of drug-likeness (QED) is 0.813. The lowest BCUT2D eigenvalue weighted by molar-refractivity contribution is 0.0129. The standard InChI is InChI=1S/C15H31N3O/c1-13(18-7-9-19-10-8-18)11-17(2)12-14-3-5-15(16)6-4-14/h13-15H,3-12,16H2,1-2H3. The van der Waals surface area contributed by atoms with Crippen molar-refractivity contribution in [1.29, 1.82) is 0 Å². The molecule has 2 fully saturated rings. The number of hydrogen-bond acceptors (Lipinski definition) is 4. The third kappa shape index (κ3) is 5.03. The van der Waals surface area contributed by atoms with Crippen LogP contribution < -0.4 is 5.73 Å². The van der Waals surface area contributed by atoms with Crippen LogP contribution in [-0.2, 0) is 4.74 Å². The first-order valence-electron chi connectivity index (χ1n) is 7.91. The summed E-state index contributed by atoms with van der Waals surface area (Å²) in [5.74, 6) is 0.863. The largest absolute Gasteiger partial charge is 0.379 e. The molecule has 0 bridgehead atoms. The molecule has 112 valence electrons. The fourth-order valence-corrected chi connectivity index (χ4v) is 3.47. The Bertz CT molecular complexity index is 248. The maximum absolute atomic E-state index is 5.97. The molecule has 0 aromatic heterocycles. The van der Waals surface area contributed by atoms with E-state index in [1.807, 2.05) is 0 Å². The summed E-state index contributed by atoms with van der Waals surface area (Å²) in [5, 5.41) is 0. The Morgan fingerprint density at radius 3 is 2.47 bits per heavy atom. The highest BCUT2D eigenvalue weighted by molar-refractivity contribution is 4.78. The fourth-order valence-electron chi connectivity index (χ4n) is 3.47. The van der Waals surface area contributed by atoms with Gasteiger partial charge in [-0.25, -0.2) is 0 Å². The van der Waals surface area contributed by atoms with E-state index >= 15 is 0 Å². The second kappa shape index (κ2) is 7.58. The summed E-state index contributed by atoms with van der Waals surface area (Å²) in [4.78, 5) is 5.07. The molecule has 1 atom stereocenters. The minimum Gasteiger partial charge on any atom is -0.379 e. The van der Waals surface area contributed by atoms with Gasteiger partial charge in [-0.3, -0.25) is 4.90 Å². The Hall–Kier alpha value is -0.160. The predicted octanol–water partition coefficient (Wildman–Crippen LogP) is 1.16. The molecule has 2 aliphatic rings. The fraction of sp³-hybridized carbons (Fsp3) is 1.00. The Morgan fingerprint density at radius 2 is 1.84 bits per heavy atom. The zero-order valence-corrected chi connectivity index (χ0v) is 12.7. The summed E-state index contributed by atoms with van der Waals surface area (Å²) in [5.41, 5.74) is 5.97. The number of rotatable bonds is 5. The molecule has 0 amide bonds. The molecule has 0 aromatic carbocycles. The van der Waals surface area contributed by atoms with Crippen molar-refractivity contribution in [3.8, 4) is 0 Å². The maximum Gasteiger partial charge on any atom is 0.0594 e. The Labute approximate surface area is 118 Å². The van der Waals surface area contributed by atoms with Gasteiger partial charge in [-0.1, -0.05) is 0 Å². The van der Waals surface area contributed by atoms with E-state index in [4.69, 9.17) is 10.5 Å². The van der Waals surface area contributed by atoms with E-state index in [0.717, 1.165) is 32.2 Å². The molecule has 1 aliphatic heterocycles. The molecule has 19 heavy (non-hydrogen) atoms. The SMILES string of the molecule is CC(CN(C)CC1CCC(N)CC1)N1CCOCC1. The van der Waals surface area contributed by atoms with Crippen LogP contribution in [0.15, 0.2) is 0 Å². The summed E-state index contributed by atoms with van der Waals surface area (Å²) >= 11 is 0. The van der Waals surface area contributed by atoms with Crippen molar-refractivity contribution in [3.05, 3.63) is 0 Å².